The number of nitrogens with two attached hydrogens (primary N) is 1. The van der Waals surface area contributed by atoms with Crippen LogP contribution in [-0.2, 0) is 13.6 Å². The summed E-state index contributed by atoms with van der Waals surface area (Å²) in [7, 11) is 5.13. The topological polar surface area (TPSA) is 73.4 Å². The van der Waals surface area contributed by atoms with Gasteiger partial charge in [-0.05, 0) is 18.2 Å². The average molecular weight is 274 g/mol. The zero-order chi connectivity index (χ0) is 14.7. The molecule has 1 aromatic heterocycles. The fraction of sp³-hybridized carbons (Fsp3) is 0.286. The van der Waals surface area contributed by atoms with Crippen LogP contribution in [0.15, 0.2) is 30.6 Å². The number of anilines is 1. The van der Waals surface area contributed by atoms with Crippen LogP contribution in [-0.4, -0.2) is 34.7 Å². The van der Waals surface area contributed by atoms with E-state index >= 15 is 0 Å². The predicted molar refractivity (Wildman–Crippen MR) is 76.4 cm³/mol. The van der Waals surface area contributed by atoms with Crippen LogP contribution in [0.2, 0.25) is 0 Å². The third-order valence-corrected chi connectivity index (χ3v) is 3.00. The van der Waals surface area contributed by atoms with Gasteiger partial charge in [0.25, 0.3) is 5.91 Å². The molecule has 0 saturated carbocycles. The van der Waals surface area contributed by atoms with Crippen molar-refractivity contribution >= 4 is 11.6 Å². The van der Waals surface area contributed by atoms with E-state index < -0.39 is 0 Å². The number of rotatable bonds is 4. The van der Waals surface area contributed by atoms with E-state index in [1.807, 2.05) is 13.2 Å². The van der Waals surface area contributed by atoms with Crippen LogP contribution in [0.3, 0.4) is 0 Å². The Labute approximate surface area is 117 Å². The van der Waals surface area contributed by atoms with Crippen LogP contribution in [0.4, 0.5) is 5.69 Å². The molecular weight excluding hydrogens is 256 g/mol. The number of aromatic nitrogens is 2. The average Bonchev–Trinajstić information content (AvgIpc) is 2.83. The number of carbonyl (C=O) groups excluding carboxylic acids is 1. The molecule has 1 aromatic carbocycles. The van der Waals surface area contributed by atoms with E-state index in [2.05, 4.69) is 5.10 Å². The summed E-state index contributed by atoms with van der Waals surface area (Å²) < 4.78 is 6.79. The largest absolute Gasteiger partial charge is 0.495 e. The summed E-state index contributed by atoms with van der Waals surface area (Å²) in [5.74, 6) is 0.472. The van der Waals surface area contributed by atoms with Crippen molar-refractivity contribution in [1.82, 2.24) is 14.7 Å². The highest BCUT2D eigenvalue weighted by molar-refractivity contribution is 5.95. The highest BCUT2D eigenvalue weighted by atomic mass is 16.5. The molecule has 0 aliphatic carbocycles. The summed E-state index contributed by atoms with van der Waals surface area (Å²) in [5, 5.41) is 4.08. The summed E-state index contributed by atoms with van der Waals surface area (Å²) in [4.78, 5) is 13.9. The fourth-order valence-corrected chi connectivity index (χ4v) is 1.99. The molecule has 6 heteroatoms. The molecule has 0 aliphatic rings. The number of aryl methyl sites for hydroxylation is 1. The van der Waals surface area contributed by atoms with Crippen LogP contribution in [0, 0.1) is 0 Å². The van der Waals surface area contributed by atoms with Crippen molar-refractivity contribution in [2.45, 2.75) is 6.54 Å². The van der Waals surface area contributed by atoms with Gasteiger partial charge in [0.15, 0.2) is 0 Å². The first-order valence-corrected chi connectivity index (χ1v) is 6.17. The maximum atomic E-state index is 12.3. The number of methoxy groups -OCH3 is 1. The zero-order valence-electron chi connectivity index (χ0n) is 11.8. The molecule has 6 nitrogen and oxygen atoms in total. The van der Waals surface area contributed by atoms with Gasteiger partial charge in [0.05, 0.1) is 19.0 Å². The van der Waals surface area contributed by atoms with E-state index in [1.165, 1.54) is 0 Å². The van der Waals surface area contributed by atoms with Crippen LogP contribution >= 0.6 is 0 Å². The first-order valence-electron chi connectivity index (χ1n) is 6.17. The van der Waals surface area contributed by atoms with Gasteiger partial charge in [0.1, 0.15) is 5.75 Å². The monoisotopic (exact) mass is 274 g/mol. The van der Waals surface area contributed by atoms with Crippen molar-refractivity contribution in [2.75, 3.05) is 19.9 Å². The van der Waals surface area contributed by atoms with Gasteiger partial charge in [-0.3, -0.25) is 9.48 Å². The molecule has 1 amide bonds. The second kappa shape index (κ2) is 5.64. The number of hydrogen-bond acceptors (Lipinski definition) is 4. The van der Waals surface area contributed by atoms with Crippen molar-refractivity contribution in [3.8, 4) is 5.75 Å². The quantitative estimate of drug-likeness (QED) is 0.852. The van der Waals surface area contributed by atoms with Gasteiger partial charge in [-0.25, -0.2) is 0 Å². The van der Waals surface area contributed by atoms with E-state index in [9.17, 15) is 4.79 Å². The molecule has 0 fully saturated rings. The third-order valence-electron chi connectivity index (χ3n) is 3.00. The number of hydrogen-bond donors (Lipinski definition) is 1. The van der Waals surface area contributed by atoms with Gasteiger partial charge in [0.2, 0.25) is 0 Å². The lowest BCUT2D eigenvalue weighted by atomic mass is 10.1. The molecule has 106 valence electrons. The molecule has 1 heterocycles. The van der Waals surface area contributed by atoms with Gasteiger partial charge in [0, 0.05) is 38.0 Å². The van der Waals surface area contributed by atoms with Crippen molar-refractivity contribution < 1.29 is 9.53 Å². The number of carbonyl (C=O) groups is 1. The van der Waals surface area contributed by atoms with Gasteiger partial charge >= 0.3 is 0 Å². The maximum Gasteiger partial charge on any atom is 0.253 e. The number of amides is 1. The summed E-state index contributed by atoms with van der Waals surface area (Å²) in [5.41, 5.74) is 7.78. The van der Waals surface area contributed by atoms with Gasteiger partial charge in [-0.2, -0.15) is 5.10 Å². The summed E-state index contributed by atoms with van der Waals surface area (Å²) in [6.45, 7) is 0.499. The number of benzene rings is 1. The van der Waals surface area contributed by atoms with E-state index in [1.54, 1.807) is 48.1 Å². The van der Waals surface area contributed by atoms with Gasteiger partial charge < -0.3 is 15.4 Å². The zero-order valence-corrected chi connectivity index (χ0v) is 11.8. The maximum absolute atomic E-state index is 12.3. The highest BCUT2D eigenvalue weighted by Gasteiger charge is 2.14. The summed E-state index contributed by atoms with van der Waals surface area (Å²) in [6, 6.07) is 5.03. The lowest BCUT2D eigenvalue weighted by Gasteiger charge is -2.17. The summed E-state index contributed by atoms with van der Waals surface area (Å²) in [6.07, 6.45) is 3.62. The smallest absolute Gasteiger partial charge is 0.253 e. The second-order valence-electron chi connectivity index (χ2n) is 4.64. The Hall–Kier alpha value is -2.50. The molecule has 2 N–H and O–H groups in total. The van der Waals surface area contributed by atoms with Crippen molar-refractivity contribution in [1.29, 1.82) is 0 Å². The number of nitrogen functional groups attached to an aromatic ring is 1. The molecule has 0 atom stereocenters. The van der Waals surface area contributed by atoms with Gasteiger partial charge in [-0.1, -0.05) is 0 Å². The van der Waals surface area contributed by atoms with Crippen molar-refractivity contribution in [3.05, 3.63) is 41.7 Å². The molecular formula is C14H18N4O2. The number of ether oxygens (including phenoxy) is 1. The second-order valence-corrected chi connectivity index (χ2v) is 4.64. The number of nitrogens with zero attached hydrogens (tertiary/aromatic N) is 3. The molecule has 2 aromatic rings. The molecule has 0 bridgehead atoms. The molecule has 0 radical (unpaired) electrons. The van der Waals surface area contributed by atoms with Crippen LogP contribution in [0.25, 0.3) is 0 Å². The first-order chi connectivity index (χ1) is 9.51. The Bertz CT molecular complexity index is 621. The molecule has 2 rings (SSSR count). The minimum absolute atomic E-state index is 0.0943. The lowest BCUT2D eigenvalue weighted by molar-refractivity contribution is 0.0785. The Morgan fingerprint density at radius 2 is 2.25 bits per heavy atom. The minimum Gasteiger partial charge on any atom is -0.495 e. The molecule has 0 saturated heterocycles. The van der Waals surface area contributed by atoms with Crippen molar-refractivity contribution in [2.24, 2.45) is 7.05 Å². The van der Waals surface area contributed by atoms with Crippen LogP contribution in [0.5, 0.6) is 5.75 Å². The minimum atomic E-state index is -0.0943. The van der Waals surface area contributed by atoms with E-state index in [0.29, 0.717) is 23.5 Å². The normalized spacial score (nSPS) is 10.3. The molecule has 20 heavy (non-hydrogen) atoms. The Morgan fingerprint density at radius 3 is 2.80 bits per heavy atom. The molecule has 0 aliphatic heterocycles. The van der Waals surface area contributed by atoms with E-state index in [4.69, 9.17) is 10.5 Å². The van der Waals surface area contributed by atoms with E-state index in [-0.39, 0.29) is 5.91 Å². The van der Waals surface area contributed by atoms with E-state index in [0.717, 1.165) is 5.56 Å². The SMILES string of the molecule is COc1ccc(C(=O)N(C)Cc2cnn(C)c2)cc1N. The lowest BCUT2D eigenvalue weighted by Crippen LogP contribution is -2.26. The van der Waals surface area contributed by atoms with Crippen LogP contribution in [0.1, 0.15) is 15.9 Å². The third kappa shape index (κ3) is 2.90. The van der Waals surface area contributed by atoms with Crippen LogP contribution < -0.4 is 10.5 Å². The first kappa shape index (κ1) is 13.9. The molecule has 0 spiro atoms. The van der Waals surface area contributed by atoms with Crippen molar-refractivity contribution in [3.63, 3.8) is 0 Å². The Morgan fingerprint density at radius 1 is 1.50 bits per heavy atom. The van der Waals surface area contributed by atoms with Gasteiger partial charge in [-0.15, -0.1) is 0 Å². The standard InChI is InChI=1S/C14H18N4O2/c1-17(8-10-7-16-18(2)9-10)14(19)11-4-5-13(20-3)12(15)6-11/h4-7,9H,8,15H2,1-3H3. The highest BCUT2D eigenvalue weighted by Crippen LogP contribution is 2.22. The Balaban J connectivity index is 2.12. The summed E-state index contributed by atoms with van der Waals surface area (Å²) >= 11 is 0. The Kier molecular flexibility index (Phi) is 3.93. The predicted octanol–water partition coefficient (Wildman–Crippen LogP) is 1.28. The molecule has 0 unspecified atom stereocenters. The fourth-order valence-electron chi connectivity index (χ4n) is 1.99.